The van der Waals surface area contributed by atoms with Crippen LogP contribution in [0.3, 0.4) is 0 Å². The highest BCUT2D eigenvalue weighted by Gasteiger charge is 2.15. The Bertz CT molecular complexity index is 948. The maximum atomic E-state index is 12.3. The molecule has 126 valence electrons. The molecule has 6 nitrogen and oxygen atoms in total. The number of primary amides is 1. The summed E-state index contributed by atoms with van der Waals surface area (Å²) in [6, 6.07) is 13.7. The number of benzene rings is 2. The van der Waals surface area contributed by atoms with Gasteiger partial charge in [-0.25, -0.2) is 0 Å². The summed E-state index contributed by atoms with van der Waals surface area (Å²) < 4.78 is 5.11. The minimum atomic E-state index is -0.638. The molecule has 0 fully saturated rings. The van der Waals surface area contributed by atoms with Crippen molar-refractivity contribution in [2.75, 3.05) is 5.32 Å². The van der Waals surface area contributed by atoms with Crippen molar-refractivity contribution in [2.24, 2.45) is 5.73 Å². The van der Waals surface area contributed by atoms with E-state index in [0.717, 1.165) is 11.1 Å². The number of nitrogens with one attached hydrogen (secondary N) is 1. The Morgan fingerprint density at radius 2 is 1.84 bits per heavy atom. The normalized spacial score (nSPS) is 10.5. The van der Waals surface area contributed by atoms with E-state index in [-0.39, 0.29) is 16.3 Å². The number of rotatable bonds is 4. The van der Waals surface area contributed by atoms with Gasteiger partial charge < -0.3 is 15.6 Å². The lowest BCUT2D eigenvalue weighted by molar-refractivity contribution is 0.0985. The Kier molecular flexibility index (Phi) is 4.54. The summed E-state index contributed by atoms with van der Waals surface area (Å²) >= 11 is 5.96. The highest BCUT2D eigenvalue weighted by atomic mass is 35.5. The molecular weight excluding hydrogens is 342 g/mol. The van der Waals surface area contributed by atoms with Crippen LogP contribution in [-0.4, -0.2) is 17.0 Å². The Hall–Kier alpha value is -3.12. The number of nitrogens with two attached hydrogens (primary N) is 1. The minimum Gasteiger partial charge on any atom is -0.366 e. The Balaban J connectivity index is 1.77. The number of halogens is 1. The quantitative estimate of drug-likeness (QED) is 0.746. The SMILES string of the molecule is Cc1ccc(-c2cc(C(=O)Nc3ccc(C(N)=O)c(Cl)c3)on2)cc1. The molecular formula is C18H14ClN3O3. The first-order valence-corrected chi connectivity index (χ1v) is 7.76. The number of aromatic nitrogens is 1. The lowest BCUT2D eigenvalue weighted by Crippen LogP contribution is -2.13. The van der Waals surface area contributed by atoms with Crippen LogP contribution in [0.25, 0.3) is 11.3 Å². The van der Waals surface area contributed by atoms with Crippen LogP contribution in [0.5, 0.6) is 0 Å². The van der Waals surface area contributed by atoms with E-state index < -0.39 is 11.8 Å². The lowest BCUT2D eigenvalue weighted by Gasteiger charge is -2.05. The number of hydrogen-bond acceptors (Lipinski definition) is 4. The van der Waals surface area contributed by atoms with Crippen molar-refractivity contribution < 1.29 is 14.1 Å². The van der Waals surface area contributed by atoms with Gasteiger partial charge >= 0.3 is 0 Å². The predicted molar refractivity (Wildman–Crippen MR) is 94.6 cm³/mol. The monoisotopic (exact) mass is 355 g/mol. The van der Waals surface area contributed by atoms with Crippen LogP contribution in [0.2, 0.25) is 5.02 Å². The van der Waals surface area contributed by atoms with Crippen LogP contribution in [0.15, 0.2) is 53.1 Å². The molecule has 0 aliphatic rings. The van der Waals surface area contributed by atoms with Gasteiger partial charge in [0.1, 0.15) is 5.69 Å². The lowest BCUT2D eigenvalue weighted by atomic mass is 10.1. The second kappa shape index (κ2) is 6.78. The van der Waals surface area contributed by atoms with E-state index >= 15 is 0 Å². The minimum absolute atomic E-state index is 0.0608. The summed E-state index contributed by atoms with van der Waals surface area (Å²) in [4.78, 5) is 23.4. The number of carbonyl (C=O) groups is 2. The number of aryl methyl sites for hydroxylation is 1. The fraction of sp³-hybridized carbons (Fsp3) is 0.0556. The van der Waals surface area contributed by atoms with Crippen molar-refractivity contribution in [1.29, 1.82) is 0 Å². The van der Waals surface area contributed by atoms with Gasteiger partial charge in [-0.05, 0) is 25.1 Å². The predicted octanol–water partition coefficient (Wildman–Crippen LogP) is 3.65. The van der Waals surface area contributed by atoms with Gasteiger partial charge in [0.05, 0.1) is 10.6 Å². The first-order chi connectivity index (χ1) is 11.9. The van der Waals surface area contributed by atoms with Crippen LogP contribution in [0.4, 0.5) is 5.69 Å². The average molecular weight is 356 g/mol. The molecule has 0 radical (unpaired) electrons. The second-order valence-corrected chi connectivity index (χ2v) is 5.86. The summed E-state index contributed by atoms with van der Waals surface area (Å²) in [5.74, 6) is -1.06. The fourth-order valence-corrected chi connectivity index (χ4v) is 2.50. The van der Waals surface area contributed by atoms with Crippen LogP contribution in [0, 0.1) is 6.92 Å². The van der Waals surface area contributed by atoms with Gasteiger partial charge in [-0.2, -0.15) is 0 Å². The molecule has 1 aromatic heterocycles. The molecule has 2 aromatic carbocycles. The molecule has 25 heavy (non-hydrogen) atoms. The van der Waals surface area contributed by atoms with Crippen LogP contribution < -0.4 is 11.1 Å². The maximum Gasteiger partial charge on any atom is 0.294 e. The third-order valence-electron chi connectivity index (χ3n) is 3.57. The maximum absolute atomic E-state index is 12.3. The Morgan fingerprint density at radius 3 is 2.48 bits per heavy atom. The van der Waals surface area contributed by atoms with Gasteiger partial charge in [-0.15, -0.1) is 0 Å². The highest BCUT2D eigenvalue weighted by molar-refractivity contribution is 6.34. The number of hydrogen-bond donors (Lipinski definition) is 2. The van der Waals surface area contributed by atoms with E-state index in [1.807, 2.05) is 31.2 Å². The Labute approximate surface area is 148 Å². The zero-order valence-electron chi connectivity index (χ0n) is 13.2. The first-order valence-electron chi connectivity index (χ1n) is 7.38. The summed E-state index contributed by atoms with van der Waals surface area (Å²) in [6.45, 7) is 1.99. The van der Waals surface area contributed by atoms with Gasteiger partial charge in [0.25, 0.3) is 5.91 Å². The van der Waals surface area contributed by atoms with E-state index in [4.69, 9.17) is 21.9 Å². The number of carbonyl (C=O) groups excluding carboxylic acids is 2. The van der Waals surface area contributed by atoms with Crippen LogP contribution in [0.1, 0.15) is 26.5 Å². The molecule has 0 saturated heterocycles. The third kappa shape index (κ3) is 3.70. The Morgan fingerprint density at radius 1 is 1.12 bits per heavy atom. The summed E-state index contributed by atoms with van der Waals surface area (Å²) in [7, 11) is 0. The molecule has 0 aliphatic heterocycles. The van der Waals surface area contributed by atoms with Crippen LogP contribution >= 0.6 is 11.6 Å². The molecule has 7 heteroatoms. The molecule has 3 N–H and O–H groups in total. The molecule has 0 spiro atoms. The molecule has 0 aliphatic carbocycles. The van der Waals surface area contributed by atoms with Gasteiger partial charge in [-0.3, -0.25) is 9.59 Å². The van der Waals surface area contributed by atoms with E-state index in [0.29, 0.717) is 11.4 Å². The highest BCUT2D eigenvalue weighted by Crippen LogP contribution is 2.23. The number of anilines is 1. The molecule has 1 heterocycles. The zero-order valence-corrected chi connectivity index (χ0v) is 14.0. The topological polar surface area (TPSA) is 98.2 Å². The van der Waals surface area contributed by atoms with E-state index in [1.54, 1.807) is 6.07 Å². The number of nitrogens with zero attached hydrogens (tertiary/aromatic N) is 1. The van der Waals surface area contributed by atoms with Crippen molar-refractivity contribution in [2.45, 2.75) is 6.92 Å². The van der Waals surface area contributed by atoms with Gasteiger partial charge in [0.15, 0.2) is 0 Å². The van der Waals surface area contributed by atoms with Crippen molar-refractivity contribution in [3.63, 3.8) is 0 Å². The largest absolute Gasteiger partial charge is 0.366 e. The molecule has 0 atom stereocenters. The molecule has 0 bridgehead atoms. The van der Waals surface area contributed by atoms with Crippen molar-refractivity contribution >= 4 is 29.1 Å². The molecule has 2 amide bonds. The summed E-state index contributed by atoms with van der Waals surface area (Å²) in [5.41, 5.74) is 8.32. The van der Waals surface area contributed by atoms with Crippen molar-refractivity contribution in [1.82, 2.24) is 5.16 Å². The smallest absolute Gasteiger partial charge is 0.294 e. The van der Waals surface area contributed by atoms with Crippen molar-refractivity contribution in [3.05, 3.63) is 70.4 Å². The van der Waals surface area contributed by atoms with E-state index in [2.05, 4.69) is 10.5 Å². The van der Waals surface area contributed by atoms with E-state index in [1.165, 1.54) is 18.2 Å². The molecule has 0 unspecified atom stereocenters. The average Bonchev–Trinajstić information content (AvgIpc) is 3.05. The fourth-order valence-electron chi connectivity index (χ4n) is 2.23. The molecule has 3 rings (SSSR count). The zero-order chi connectivity index (χ0) is 18.0. The van der Waals surface area contributed by atoms with Gasteiger partial charge in [-0.1, -0.05) is 46.6 Å². The van der Waals surface area contributed by atoms with Gasteiger partial charge in [0, 0.05) is 17.3 Å². The first kappa shape index (κ1) is 16.7. The van der Waals surface area contributed by atoms with Crippen LogP contribution in [-0.2, 0) is 0 Å². The third-order valence-corrected chi connectivity index (χ3v) is 3.89. The molecule has 3 aromatic rings. The van der Waals surface area contributed by atoms with E-state index in [9.17, 15) is 9.59 Å². The van der Waals surface area contributed by atoms with Crippen molar-refractivity contribution in [3.8, 4) is 11.3 Å². The standard InChI is InChI=1S/C18H14ClN3O3/c1-10-2-4-11(5-3-10)15-9-16(25-22-15)18(24)21-12-6-7-13(17(20)23)14(19)8-12/h2-9H,1H3,(H2,20,23)(H,21,24). The molecule has 0 saturated carbocycles. The van der Waals surface area contributed by atoms with Gasteiger partial charge in [0.2, 0.25) is 11.7 Å². The summed E-state index contributed by atoms with van der Waals surface area (Å²) in [6.07, 6.45) is 0. The summed E-state index contributed by atoms with van der Waals surface area (Å²) in [5, 5.41) is 6.70. The number of amides is 2. The second-order valence-electron chi connectivity index (χ2n) is 5.46.